The normalized spacial score (nSPS) is 12.4. The monoisotopic (exact) mass is 489 g/mol. The number of aliphatic imine (C=N–C) groups is 1. The fraction of sp³-hybridized carbons (Fsp3) is 0.474. The van der Waals surface area contributed by atoms with Gasteiger partial charge < -0.3 is 10.6 Å². The molecule has 0 spiro atoms. The van der Waals surface area contributed by atoms with E-state index in [0.717, 1.165) is 48.3 Å². The largest absolute Gasteiger partial charge is 0.356 e. The van der Waals surface area contributed by atoms with Crippen molar-refractivity contribution in [1.82, 2.24) is 20.4 Å². The molecule has 0 radical (unpaired) electrons. The number of aryl methyl sites for hydroxylation is 2. The summed E-state index contributed by atoms with van der Waals surface area (Å²) in [5.74, 6) is 1.26. The molecule has 7 heteroatoms. The molecule has 0 aliphatic carbocycles. The first-order chi connectivity index (χ1) is 12.0. The Bertz CT molecular complexity index is 714. The van der Waals surface area contributed by atoms with Gasteiger partial charge in [0.05, 0.1) is 5.69 Å². The van der Waals surface area contributed by atoms with Gasteiger partial charge in [-0.05, 0) is 43.9 Å². The van der Waals surface area contributed by atoms with Crippen molar-refractivity contribution in [3.63, 3.8) is 0 Å². The zero-order valence-corrected chi connectivity index (χ0v) is 19.0. The third-order valence-corrected chi connectivity index (χ3v) is 4.44. The highest BCUT2D eigenvalue weighted by Crippen LogP contribution is 2.14. The highest BCUT2D eigenvalue weighted by Gasteiger charge is 2.08. The van der Waals surface area contributed by atoms with Crippen LogP contribution in [0.2, 0.25) is 5.02 Å². The summed E-state index contributed by atoms with van der Waals surface area (Å²) in [5.41, 5.74) is 3.41. The number of benzene rings is 1. The van der Waals surface area contributed by atoms with E-state index in [1.54, 1.807) is 7.05 Å². The first-order valence-electron chi connectivity index (χ1n) is 8.68. The number of hydrogen-bond donors (Lipinski definition) is 2. The lowest BCUT2D eigenvalue weighted by Crippen LogP contribution is -2.40. The molecule has 144 valence electrons. The minimum absolute atomic E-state index is 0. The number of nitrogens with zero attached hydrogens (tertiary/aromatic N) is 3. The minimum atomic E-state index is 0. The van der Waals surface area contributed by atoms with Crippen LogP contribution >= 0.6 is 35.6 Å². The Hall–Kier alpha value is -1.28. The summed E-state index contributed by atoms with van der Waals surface area (Å²) in [4.78, 5) is 4.28. The van der Waals surface area contributed by atoms with Gasteiger partial charge in [-0.1, -0.05) is 36.7 Å². The first-order valence-corrected chi connectivity index (χ1v) is 9.06. The van der Waals surface area contributed by atoms with Crippen molar-refractivity contribution >= 4 is 41.5 Å². The van der Waals surface area contributed by atoms with Crippen LogP contribution in [0, 0.1) is 19.8 Å². The van der Waals surface area contributed by atoms with E-state index in [9.17, 15) is 0 Å². The van der Waals surface area contributed by atoms with E-state index in [4.69, 9.17) is 11.6 Å². The number of rotatable bonds is 7. The van der Waals surface area contributed by atoms with Crippen LogP contribution in [-0.2, 0) is 13.0 Å². The minimum Gasteiger partial charge on any atom is -0.356 e. The number of hydrogen-bond acceptors (Lipinski definition) is 2. The van der Waals surface area contributed by atoms with Gasteiger partial charge in [-0.3, -0.25) is 9.67 Å². The maximum atomic E-state index is 6.19. The second-order valence-corrected chi connectivity index (χ2v) is 6.84. The van der Waals surface area contributed by atoms with Gasteiger partial charge in [0.15, 0.2) is 5.96 Å². The summed E-state index contributed by atoms with van der Waals surface area (Å²) in [6.07, 6.45) is 0.863. The predicted molar refractivity (Wildman–Crippen MR) is 121 cm³/mol. The lowest BCUT2D eigenvalue weighted by Gasteiger charge is -2.17. The Morgan fingerprint density at radius 1 is 1.27 bits per heavy atom. The summed E-state index contributed by atoms with van der Waals surface area (Å²) < 4.78 is 2.06. The standard InChI is InChI=1S/C19H28ClN5.HI/c1-14(13-25-16(3)11-15(2)24-25)12-23-19(21-4)22-10-9-17-7-5-6-8-18(17)20;/h5-8,11,14H,9-10,12-13H2,1-4H3,(H2,21,22,23);1H. The van der Waals surface area contributed by atoms with Gasteiger partial charge in [0.25, 0.3) is 0 Å². The fourth-order valence-electron chi connectivity index (χ4n) is 2.73. The van der Waals surface area contributed by atoms with E-state index >= 15 is 0 Å². The van der Waals surface area contributed by atoms with Gasteiger partial charge in [0, 0.05) is 37.4 Å². The molecule has 1 aromatic carbocycles. The molecule has 2 N–H and O–H groups in total. The SMILES string of the molecule is CN=C(NCCc1ccccc1Cl)NCC(C)Cn1nc(C)cc1C.I. The first kappa shape index (κ1) is 22.8. The molecule has 0 aliphatic rings. The zero-order chi connectivity index (χ0) is 18.2. The molecule has 0 saturated heterocycles. The van der Waals surface area contributed by atoms with E-state index < -0.39 is 0 Å². The lowest BCUT2D eigenvalue weighted by atomic mass is 10.1. The van der Waals surface area contributed by atoms with Crippen molar-refractivity contribution in [2.24, 2.45) is 10.9 Å². The number of guanidine groups is 1. The van der Waals surface area contributed by atoms with E-state index in [1.165, 1.54) is 5.69 Å². The highest BCUT2D eigenvalue weighted by molar-refractivity contribution is 14.0. The van der Waals surface area contributed by atoms with Crippen molar-refractivity contribution in [1.29, 1.82) is 0 Å². The van der Waals surface area contributed by atoms with Crippen molar-refractivity contribution in [3.8, 4) is 0 Å². The van der Waals surface area contributed by atoms with Crippen LogP contribution in [0.5, 0.6) is 0 Å². The molecule has 5 nitrogen and oxygen atoms in total. The van der Waals surface area contributed by atoms with Gasteiger partial charge in [-0.2, -0.15) is 5.10 Å². The fourth-order valence-corrected chi connectivity index (χ4v) is 2.96. The Balaban J connectivity index is 0.00000338. The molecule has 1 unspecified atom stereocenters. The second kappa shape index (κ2) is 11.4. The molecule has 2 aromatic rings. The van der Waals surface area contributed by atoms with Gasteiger partial charge in [0.2, 0.25) is 0 Å². The van der Waals surface area contributed by atoms with E-state index in [1.807, 2.05) is 25.1 Å². The maximum Gasteiger partial charge on any atom is 0.190 e. The quantitative estimate of drug-likeness (QED) is 0.353. The summed E-state index contributed by atoms with van der Waals surface area (Å²) in [5, 5.41) is 12.0. The second-order valence-electron chi connectivity index (χ2n) is 6.44. The van der Waals surface area contributed by atoms with Crippen LogP contribution < -0.4 is 10.6 Å². The number of nitrogens with one attached hydrogen (secondary N) is 2. The van der Waals surface area contributed by atoms with E-state index in [0.29, 0.717) is 5.92 Å². The molecule has 0 bridgehead atoms. The molecule has 0 amide bonds. The van der Waals surface area contributed by atoms with Crippen LogP contribution in [0.4, 0.5) is 0 Å². The highest BCUT2D eigenvalue weighted by atomic mass is 127. The van der Waals surface area contributed by atoms with Crippen LogP contribution in [0.15, 0.2) is 35.3 Å². The molecule has 0 fully saturated rings. The van der Waals surface area contributed by atoms with Gasteiger partial charge in [-0.15, -0.1) is 24.0 Å². The number of aromatic nitrogens is 2. The average Bonchev–Trinajstić information content (AvgIpc) is 2.89. The third-order valence-electron chi connectivity index (χ3n) is 4.07. The number of halogens is 2. The Morgan fingerprint density at radius 2 is 2.00 bits per heavy atom. The topological polar surface area (TPSA) is 54.2 Å². The van der Waals surface area contributed by atoms with Crippen LogP contribution in [0.3, 0.4) is 0 Å². The molecule has 0 aliphatic heterocycles. The zero-order valence-electron chi connectivity index (χ0n) is 15.9. The summed E-state index contributed by atoms with van der Waals surface area (Å²) >= 11 is 6.19. The summed E-state index contributed by atoms with van der Waals surface area (Å²) in [6, 6.07) is 10.0. The van der Waals surface area contributed by atoms with Gasteiger partial charge in [0.1, 0.15) is 0 Å². The van der Waals surface area contributed by atoms with Crippen LogP contribution in [-0.4, -0.2) is 35.9 Å². The summed E-state index contributed by atoms with van der Waals surface area (Å²) in [6.45, 7) is 8.84. The molecular formula is C19H29ClIN5. The average molecular weight is 490 g/mol. The van der Waals surface area contributed by atoms with Crippen LogP contribution in [0.25, 0.3) is 0 Å². The molecule has 2 rings (SSSR count). The maximum absolute atomic E-state index is 6.19. The Labute approximate surface area is 178 Å². The van der Waals surface area contributed by atoms with Crippen molar-refractivity contribution in [2.75, 3.05) is 20.1 Å². The van der Waals surface area contributed by atoms with Crippen LogP contribution in [0.1, 0.15) is 23.9 Å². The smallest absolute Gasteiger partial charge is 0.190 e. The van der Waals surface area contributed by atoms with Gasteiger partial charge in [-0.25, -0.2) is 0 Å². The van der Waals surface area contributed by atoms with Crippen molar-refractivity contribution in [3.05, 3.63) is 52.3 Å². The molecule has 1 atom stereocenters. The van der Waals surface area contributed by atoms with E-state index in [-0.39, 0.29) is 24.0 Å². The molecule has 26 heavy (non-hydrogen) atoms. The van der Waals surface area contributed by atoms with Crippen molar-refractivity contribution in [2.45, 2.75) is 33.7 Å². The summed E-state index contributed by atoms with van der Waals surface area (Å²) in [7, 11) is 1.79. The Kier molecular flexibility index (Phi) is 10.0. The lowest BCUT2D eigenvalue weighted by molar-refractivity contribution is 0.436. The molecule has 0 saturated carbocycles. The van der Waals surface area contributed by atoms with Crippen molar-refractivity contribution < 1.29 is 0 Å². The predicted octanol–water partition coefficient (Wildman–Crippen LogP) is 3.82. The third kappa shape index (κ3) is 7.15. The molecule has 1 aromatic heterocycles. The Morgan fingerprint density at radius 3 is 2.62 bits per heavy atom. The van der Waals surface area contributed by atoms with Gasteiger partial charge >= 0.3 is 0 Å². The molecular weight excluding hydrogens is 461 g/mol. The van der Waals surface area contributed by atoms with E-state index in [2.05, 4.69) is 51.4 Å². The molecule has 1 heterocycles.